The summed E-state index contributed by atoms with van der Waals surface area (Å²) in [5.74, 6) is -0.161. The largest absolute Gasteiger partial charge is 0.496 e. The molecule has 1 fully saturated rings. The Morgan fingerprint density at radius 3 is 2.72 bits per heavy atom. The van der Waals surface area contributed by atoms with Crippen molar-refractivity contribution < 1.29 is 23.4 Å². The molecule has 4 aromatic rings. The van der Waals surface area contributed by atoms with Gasteiger partial charge in [0.1, 0.15) is 5.75 Å². The van der Waals surface area contributed by atoms with Crippen molar-refractivity contribution in [3.05, 3.63) is 82.8 Å². The molecular weight excluding hydrogens is 466 g/mol. The Morgan fingerprint density at radius 2 is 2.06 bits per heavy atom. The van der Waals surface area contributed by atoms with Gasteiger partial charge < -0.3 is 14.8 Å². The number of aryl methyl sites for hydroxylation is 1. The monoisotopic (exact) mass is 494 g/mol. The van der Waals surface area contributed by atoms with Crippen LogP contribution in [0.3, 0.4) is 0 Å². The standard InChI is InChI=1S/C27H28F2N4O3/c1-16-11-24(36-2)22(21-7-9-30-25(16)21)15-32-10-8-20(33-14-19(13-31-33)26(28)29)12-23(32)17-3-5-18(6-4-17)27(34)35/h3-7,9,11,13-14,20,23,26,30H,8,10,12,15H2,1-2H3,(H,34,35)/t20?,23-/m0/s1. The van der Waals surface area contributed by atoms with E-state index in [1.54, 1.807) is 23.9 Å². The number of likely N-dealkylation sites (tertiary alicyclic amines) is 1. The number of carboxylic acids is 1. The van der Waals surface area contributed by atoms with Crippen LogP contribution in [0.15, 0.2) is 55.0 Å². The summed E-state index contributed by atoms with van der Waals surface area (Å²) < 4.78 is 33.7. The molecule has 1 unspecified atom stereocenters. The van der Waals surface area contributed by atoms with Gasteiger partial charge in [-0.05, 0) is 55.2 Å². The summed E-state index contributed by atoms with van der Waals surface area (Å²) in [4.78, 5) is 17.0. The predicted octanol–water partition coefficient (Wildman–Crippen LogP) is 5.90. The molecular formula is C27H28F2N4O3. The predicted molar refractivity (Wildman–Crippen MR) is 132 cm³/mol. The molecule has 188 valence electrons. The molecule has 2 aromatic carbocycles. The summed E-state index contributed by atoms with van der Waals surface area (Å²) >= 11 is 0. The van der Waals surface area contributed by atoms with E-state index in [2.05, 4.69) is 21.0 Å². The molecule has 1 aliphatic heterocycles. The van der Waals surface area contributed by atoms with E-state index >= 15 is 0 Å². The molecule has 0 amide bonds. The number of nitrogens with zero attached hydrogens (tertiary/aromatic N) is 3. The SMILES string of the molecule is COc1cc(C)c2[nH]ccc2c1CN1CCC(n2cc(C(F)F)cn2)C[C@H]1c1ccc(C(=O)O)cc1. The minimum absolute atomic E-state index is 0.0508. The first-order valence-corrected chi connectivity index (χ1v) is 11.9. The zero-order valence-corrected chi connectivity index (χ0v) is 20.1. The lowest BCUT2D eigenvalue weighted by Gasteiger charge is -2.40. The third kappa shape index (κ3) is 4.46. The molecule has 0 spiro atoms. The average Bonchev–Trinajstić information content (AvgIpc) is 3.57. The molecule has 3 heterocycles. The van der Waals surface area contributed by atoms with Crippen molar-refractivity contribution in [2.75, 3.05) is 13.7 Å². The van der Waals surface area contributed by atoms with E-state index in [-0.39, 0.29) is 23.2 Å². The average molecular weight is 495 g/mol. The maximum Gasteiger partial charge on any atom is 0.335 e. The van der Waals surface area contributed by atoms with Crippen LogP contribution in [0.4, 0.5) is 8.78 Å². The Balaban J connectivity index is 1.50. The summed E-state index contributed by atoms with van der Waals surface area (Å²) in [6.45, 7) is 3.38. The summed E-state index contributed by atoms with van der Waals surface area (Å²) in [6, 6.07) is 10.9. The van der Waals surface area contributed by atoms with Gasteiger partial charge in [0, 0.05) is 48.0 Å². The molecule has 0 bridgehead atoms. The van der Waals surface area contributed by atoms with E-state index in [1.165, 1.54) is 12.4 Å². The van der Waals surface area contributed by atoms with E-state index in [1.807, 2.05) is 31.3 Å². The van der Waals surface area contributed by atoms with Crippen LogP contribution in [-0.4, -0.2) is 44.4 Å². The number of hydrogen-bond acceptors (Lipinski definition) is 4. The van der Waals surface area contributed by atoms with Crippen LogP contribution in [0.25, 0.3) is 10.9 Å². The number of aromatic carboxylic acids is 1. The van der Waals surface area contributed by atoms with Gasteiger partial charge in [-0.3, -0.25) is 9.58 Å². The van der Waals surface area contributed by atoms with Gasteiger partial charge in [0.15, 0.2) is 0 Å². The molecule has 36 heavy (non-hydrogen) atoms. The van der Waals surface area contributed by atoms with Crippen molar-refractivity contribution in [3.63, 3.8) is 0 Å². The van der Waals surface area contributed by atoms with E-state index in [0.29, 0.717) is 19.5 Å². The summed E-state index contributed by atoms with van der Waals surface area (Å²) in [5, 5.41) is 14.7. The number of nitrogens with one attached hydrogen (secondary N) is 1. The minimum atomic E-state index is -2.56. The number of piperidine rings is 1. The van der Waals surface area contributed by atoms with Crippen LogP contribution < -0.4 is 4.74 Å². The Kier molecular flexibility index (Phi) is 6.49. The van der Waals surface area contributed by atoms with E-state index < -0.39 is 12.4 Å². The van der Waals surface area contributed by atoms with Gasteiger partial charge in [0.25, 0.3) is 6.43 Å². The molecule has 2 N–H and O–H groups in total. The number of aromatic nitrogens is 3. The number of aromatic amines is 1. The smallest absolute Gasteiger partial charge is 0.335 e. The fourth-order valence-corrected chi connectivity index (χ4v) is 5.27. The topological polar surface area (TPSA) is 83.4 Å². The Hall–Kier alpha value is -3.72. The highest BCUT2D eigenvalue weighted by Crippen LogP contribution is 2.40. The van der Waals surface area contributed by atoms with E-state index in [0.717, 1.165) is 39.8 Å². The quantitative estimate of drug-likeness (QED) is 0.334. The van der Waals surface area contributed by atoms with E-state index in [4.69, 9.17) is 4.74 Å². The molecule has 1 saturated heterocycles. The second-order valence-electron chi connectivity index (χ2n) is 9.29. The normalized spacial score (nSPS) is 18.7. The van der Waals surface area contributed by atoms with Crippen LogP contribution >= 0.6 is 0 Å². The Bertz CT molecular complexity index is 1380. The lowest BCUT2D eigenvalue weighted by atomic mass is 9.90. The number of benzene rings is 2. The highest BCUT2D eigenvalue weighted by Gasteiger charge is 2.32. The highest BCUT2D eigenvalue weighted by atomic mass is 19.3. The van der Waals surface area contributed by atoms with Crippen LogP contribution in [0.2, 0.25) is 0 Å². The summed E-state index contributed by atoms with van der Waals surface area (Å²) in [7, 11) is 1.67. The van der Waals surface area contributed by atoms with Gasteiger partial charge in [-0.25, -0.2) is 13.6 Å². The zero-order valence-electron chi connectivity index (χ0n) is 20.1. The maximum atomic E-state index is 13.2. The third-order valence-electron chi connectivity index (χ3n) is 7.17. The number of fused-ring (bicyclic) bond motifs is 1. The molecule has 2 aromatic heterocycles. The molecule has 5 rings (SSSR count). The first-order chi connectivity index (χ1) is 17.4. The number of alkyl halides is 2. The minimum Gasteiger partial charge on any atom is -0.496 e. The molecule has 2 atom stereocenters. The molecule has 0 aliphatic carbocycles. The van der Waals surface area contributed by atoms with Crippen LogP contribution in [0, 0.1) is 6.92 Å². The lowest BCUT2D eigenvalue weighted by molar-refractivity contribution is 0.0696. The first-order valence-electron chi connectivity index (χ1n) is 11.9. The summed E-state index contributed by atoms with van der Waals surface area (Å²) in [5.41, 5.74) is 4.36. The fraction of sp³-hybridized carbons (Fsp3) is 0.333. The number of carboxylic acid groups (broad SMARTS) is 1. The molecule has 7 nitrogen and oxygen atoms in total. The van der Waals surface area contributed by atoms with Crippen LogP contribution in [-0.2, 0) is 6.54 Å². The van der Waals surface area contributed by atoms with Crippen LogP contribution in [0.5, 0.6) is 5.75 Å². The Morgan fingerprint density at radius 1 is 1.28 bits per heavy atom. The second kappa shape index (κ2) is 9.73. The third-order valence-corrected chi connectivity index (χ3v) is 7.17. The Labute approximate surface area is 207 Å². The van der Waals surface area contributed by atoms with Gasteiger partial charge in [-0.1, -0.05) is 12.1 Å². The van der Waals surface area contributed by atoms with Crippen molar-refractivity contribution in [2.24, 2.45) is 0 Å². The van der Waals surface area contributed by atoms with Crippen molar-refractivity contribution in [1.29, 1.82) is 0 Å². The molecule has 1 aliphatic rings. The highest BCUT2D eigenvalue weighted by molar-refractivity contribution is 5.88. The number of carbonyl (C=O) groups is 1. The number of H-pyrrole nitrogens is 1. The summed E-state index contributed by atoms with van der Waals surface area (Å²) in [6.07, 6.45) is 3.43. The van der Waals surface area contributed by atoms with Gasteiger partial charge in [0.05, 0.1) is 30.5 Å². The van der Waals surface area contributed by atoms with Crippen molar-refractivity contribution in [2.45, 2.75) is 44.8 Å². The van der Waals surface area contributed by atoms with Crippen molar-refractivity contribution in [3.8, 4) is 5.75 Å². The number of hydrogen-bond donors (Lipinski definition) is 2. The van der Waals surface area contributed by atoms with Crippen molar-refractivity contribution in [1.82, 2.24) is 19.7 Å². The van der Waals surface area contributed by atoms with Crippen LogP contribution in [0.1, 0.15) is 64.0 Å². The van der Waals surface area contributed by atoms with Crippen molar-refractivity contribution >= 4 is 16.9 Å². The fourth-order valence-electron chi connectivity index (χ4n) is 5.27. The number of halogens is 2. The molecule has 0 saturated carbocycles. The second-order valence-corrected chi connectivity index (χ2v) is 9.29. The number of methoxy groups -OCH3 is 1. The maximum absolute atomic E-state index is 13.2. The molecule has 9 heteroatoms. The zero-order chi connectivity index (χ0) is 25.4. The van der Waals surface area contributed by atoms with Gasteiger partial charge in [-0.15, -0.1) is 0 Å². The first kappa shape index (κ1) is 24.0. The lowest BCUT2D eigenvalue weighted by Crippen LogP contribution is -2.37. The molecule has 0 radical (unpaired) electrons. The number of ether oxygens (including phenoxy) is 1. The van der Waals surface area contributed by atoms with Gasteiger partial charge in [0.2, 0.25) is 0 Å². The van der Waals surface area contributed by atoms with Gasteiger partial charge in [-0.2, -0.15) is 5.10 Å². The number of rotatable bonds is 7. The van der Waals surface area contributed by atoms with Gasteiger partial charge >= 0.3 is 5.97 Å². The van der Waals surface area contributed by atoms with E-state index in [9.17, 15) is 18.7 Å².